The summed E-state index contributed by atoms with van der Waals surface area (Å²) in [7, 11) is -3.58. The summed E-state index contributed by atoms with van der Waals surface area (Å²) in [5, 5.41) is 0. The number of hydrogen-bond acceptors (Lipinski definition) is 4. The Bertz CT molecular complexity index is 866. The van der Waals surface area contributed by atoms with Gasteiger partial charge in [0.1, 0.15) is 0 Å². The van der Waals surface area contributed by atoms with E-state index in [0.29, 0.717) is 30.7 Å². The van der Waals surface area contributed by atoms with Gasteiger partial charge in [-0.05, 0) is 31.0 Å². The molecule has 0 aromatic heterocycles. The van der Waals surface area contributed by atoms with Crippen LogP contribution in [0, 0.1) is 11.8 Å². The second-order valence-electron chi connectivity index (χ2n) is 7.96. The predicted octanol–water partition coefficient (Wildman–Crippen LogP) is 2.18. The minimum absolute atomic E-state index is 0.0331. The molecule has 29 heavy (non-hydrogen) atoms. The van der Waals surface area contributed by atoms with Gasteiger partial charge in [-0.2, -0.15) is 4.31 Å². The Morgan fingerprint density at radius 1 is 1.07 bits per heavy atom. The number of amides is 2. The van der Waals surface area contributed by atoms with Crippen LogP contribution in [-0.2, 0) is 19.6 Å². The van der Waals surface area contributed by atoms with Crippen LogP contribution >= 0.6 is 15.9 Å². The Morgan fingerprint density at radius 3 is 2.38 bits per heavy atom. The molecule has 0 N–H and O–H groups in total. The number of carbonyl (C=O) groups is 2. The van der Waals surface area contributed by atoms with E-state index >= 15 is 0 Å². The highest BCUT2D eigenvalue weighted by molar-refractivity contribution is 9.10. The summed E-state index contributed by atoms with van der Waals surface area (Å²) in [4.78, 5) is 29.1. The van der Waals surface area contributed by atoms with Crippen LogP contribution in [0.3, 0.4) is 0 Å². The minimum Gasteiger partial charge on any atom is -0.342 e. The van der Waals surface area contributed by atoms with Gasteiger partial charge in [-0.3, -0.25) is 9.59 Å². The second-order valence-corrected chi connectivity index (χ2v) is 10.8. The molecule has 1 aromatic carbocycles. The molecule has 9 heteroatoms. The van der Waals surface area contributed by atoms with E-state index in [1.54, 1.807) is 34.1 Å². The second kappa shape index (κ2) is 9.14. The summed E-state index contributed by atoms with van der Waals surface area (Å²) in [6.07, 6.45) is 1.60. The molecule has 2 aliphatic rings. The number of carbonyl (C=O) groups excluding carboxylic acids is 2. The van der Waals surface area contributed by atoms with Crippen molar-refractivity contribution in [3.63, 3.8) is 0 Å². The maximum absolute atomic E-state index is 13.0. The number of nitrogens with zero attached hydrogens (tertiary/aromatic N) is 3. The average Bonchev–Trinajstić information content (AvgIpc) is 2.72. The Morgan fingerprint density at radius 2 is 1.76 bits per heavy atom. The van der Waals surface area contributed by atoms with Crippen LogP contribution in [0.25, 0.3) is 0 Å². The van der Waals surface area contributed by atoms with Crippen LogP contribution in [0.4, 0.5) is 0 Å². The molecule has 2 fully saturated rings. The molecule has 2 saturated heterocycles. The number of likely N-dealkylation sites (tertiary alicyclic amines) is 1. The van der Waals surface area contributed by atoms with E-state index in [2.05, 4.69) is 15.9 Å². The number of hydrogen-bond donors (Lipinski definition) is 0. The van der Waals surface area contributed by atoms with Crippen molar-refractivity contribution in [2.75, 3.05) is 39.3 Å². The molecule has 0 aliphatic carbocycles. The van der Waals surface area contributed by atoms with Crippen molar-refractivity contribution in [3.8, 4) is 0 Å². The topological polar surface area (TPSA) is 78.0 Å². The molecular formula is C20H28BrN3O4S. The Kier molecular flexibility index (Phi) is 7.01. The Balaban J connectivity index is 1.60. The molecule has 3 rings (SSSR count). The van der Waals surface area contributed by atoms with E-state index in [4.69, 9.17) is 0 Å². The zero-order valence-electron chi connectivity index (χ0n) is 16.9. The van der Waals surface area contributed by atoms with Gasteiger partial charge >= 0.3 is 0 Å². The van der Waals surface area contributed by atoms with Gasteiger partial charge in [-0.1, -0.05) is 35.8 Å². The van der Waals surface area contributed by atoms with Gasteiger partial charge in [0.25, 0.3) is 0 Å². The lowest BCUT2D eigenvalue weighted by Crippen LogP contribution is -2.54. The summed E-state index contributed by atoms with van der Waals surface area (Å²) in [5.41, 5.74) is 0. The van der Waals surface area contributed by atoms with Crippen LogP contribution in [0.2, 0.25) is 0 Å². The zero-order valence-corrected chi connectivity index (χ0v) is 19.3. The molecule has 1 aromatic rings. The minimum atomic E-state index is -3.58. The van der Waals surface area contributed by atoms with E-state index in [1.807, 2.05) is 13.8 Å². The van der Waals surface area contributed by atoms with E-state index in [-0.39, 0.29) is 41.6 Å². The highest BCUT2D eigenvalue weighted by Gasteiger charge is 2.35. The molecule has 0 bridgehead atoms. The molecule has 2 aliphatic heterocycles. The molecule has 0 saturated carbocycles. The van der Waals surface area contributed by atoms with Gasteiger partial charge < -0.3 is 9.80 Å². The van der Waals surface area contributed by atoms with Crippen molar-refractivity contribution >= 4 is 37.8 Å². The Labute approximate surface area is 181 Å². The maximum atomic E-state index is 13.0. The number of halogens is 1. The van der Waals surface area contributed by atoms with E-state index in [0.717, 1.165) is 12.8 Å². The summed E-state index contributed by atoms with van der Waals surface area (Å²) in [6.45, 7) is 6.23. The molecule has 1 unspecified atom stereocenters. The number of sulfonamides is 1. The van der Waals surface area contributed by atoms with E-state index in [9.17, 15) is 18.0 Å². The SMILES string of the molecule is CC(C)C(=O)N1CCCC(C(=O)N2CCN(S(=O)(=O)c3cccc(Br)c3)CC2)C1. The van der Waals surface area contributed by atoms with Gasteiger partial charge in [-0.25, -0.2) is 8.42 Å². The molecule has 2 heterocycles. The third kappa shape index (κ3) is 5.00. The highest BCUT2D eigenvalue weighted by Crippen LogP contribution is 2.24. The normalized spacial score (nSPS) is 21.4. The summed E-state index contributed by atoms with van der Waals surface area (Å²) in [5.74, 6) is -0.145. The number of benzene rings is 1. The van der Waals surface area contributed by atoms with Crippen LogP contribution in [-0.4, -0.2) is 73.6 Å². The summed E-state index contributed by atoms with van der Waals surface area (Å²) < 4.78 is 27.9. The molecular weight excluding hydrogens is 458 g/mol. The van der Waals surface area contributed by atoms with Crippen molar-refractivity contribution in [2.45, 2.75) is 31.6 Å². The predicted molar refractivity (Wildman–Crippen MR) is 114 cm³/mol. The lowest BCUT2D eigenvalue weighted by Gasteiger charge is -2.39. The number of piperidine rings is 1. The average molecular weight is 486 g/mol. The summed E-state index contributed by atoms with van der Waals surface area (Å²) >= 11 is 3.31. The van der Waals surface area contributed by atoms with E-state index < -0.39 is 10.0 Å². The standard InChI is InChI=1S/C20H28BrN3O4S/c1-15(2)19(25)23-8-4-5-16(14-23)20(26)22-9-11-24(12-10-22)29(27,28)18-7-3-6-17(21)13-18/h3,6-7,13,15-16H,4-5,8-12,14H2,1-2H3. The molecule has 160 valence electrons. The zero-order chi connectivity index (χ0) is 21.2. The fourth-order valence-electron chi connectivity index (χ4n) is 3.93. The van der Waals surface area contributed by atoms with Crippen molar-refractivity contribution in [3.05, 3.63) is 28.7 Å². The van der Waals surface area contributed by atoms with Crippen molar-refractivity contribution in [1.82, 2.24) is 14.1 Å². The highest BCUT2D eigenvalue weighted by atomic mass is 79.9. The number of rotatable bonds is 4. The van der Waals surface area contributed by atoms with Crippen LogP contribution < -0.4 is 0 Å². The fraction of sp³-hybridized carbons (Fsp3) is 0.600. The van der Waals surface area contributed by atoms with Crippen molar-refractivity contribution in [1.29, 1.82) is 0 Å². The van der Waals surface area contributed by atoms with Gasteiger partial charge in [0.2, 0.25) is 21.8 Å². The molecule has 0 spiro atoms. The van der Waals surface area contributed by atoms with E-state index in [1.165, 1.54) is 4.31 Å². The monoisotopic (exact) mass is 485 g/mol. The number of piperazine rings is 1. The van der Waals surface area contributed by atoms with Crippen LogP contribution in [0.5, 0.6) is 0 Å². The van der Waals surface area contributed by atoms with Crippen LogP contribution in [0.1, 0.15) is 26.7 Å². The van der Waals surface area contributed by atoms with Crippen molar-refractivity contribution < 1.29 is 18.0 Å². The summed E-state index contributed by atoms with van der Waals surface area (Å²) in [6, 6.07) is 6.66. The molecule has 2 amide bonds. The molecule has 1 atom stereocenters. The quantitative estimate of drug-likeness (QED) is 0.654. The van der Waals surface area contributed by atoms with Crippen molar-refractivity contribution in [2.24, 2.45) is 11.8 Å². The first-order valence-corrected chi connectivity index (χ1v) is 12.3. The molecule has 0 radical (unpaired) electrons. The lowest BCUT2D eigenvalue weighted by molar-refractivity contribution is -0.143. The van der Waals surface area contributed by atoms with Gasteiger partial charge in [0.15, 0.2) is 0 Å². The Hall–Kier alpha value is -1.45. The van der Waals surface area contributed by atoms with Crippen LogP contribution in [0.15, 0.2) is 33.6 Å². The first-order chi connectivity index (χ1) is 13.7. The fourth-order valence-corrected chi connectivity index (χ4v) is 5.95. The smallest absolute Gasteiger partial charge is 0.243 e. The van der Waals surface area contributed by atoms with Gasteiger partial charge in [-0.15, -0.1) is 0 Å². The van der Waals surface area contributed by atoms with Gasteiger partial charge in [0, 0.05) is 49.7 Å². The molecule has 7 nitrogen and oxygen atoms in total. The third-order valence-corrected chi connectivity index (χ3v) is 7.95. The first kappa shape index (κ1) is 22.2. The third-order valence-electron chi connectivity index (χ3n) is 5.56. The first-order valence-electron chi connectivity index (χ1n) is 10.0. The largest absolute Gasteiger partial charge is 0.342 e. The maximum Gasteiger partial charge on any atom is 0.243 e. The lowest BCUT2D eigenvalue weighted by atomic mass is 9.95. The van der Waals surface area contributed by atoms with Gasteiger partial charge in [0.05, 0.1) is 10.8 Å².